The highest BCUT2D eigenvalue weighted by molar-refractivity contribution is 5.98. The number of piperidine rings is 1. The Kier molecular flexibility index (Phi) is 9.50. The quantitative estimate of drug-likeness (QED) is 0.283. The van der Waals surface area contributed by atoms with E-state index in [1.165, 1.54) is 12.0 Å². The molecule has 40 heavy (non-hydrogen) atoms. The van der Waals surface area contributed by atoms with Gasteiger partial charge in [0.05, 0.1) is 13.7 Å². The van der Waals surface area contributed by atoms with Crippen molar-refractivity contribution < 1.29 is 19.1 Å². The zero-order valence-electron chi connectivity index (χ0n) is 23.4. The maximum atomic E-state index is 13.4. The minimum absolute atomic E-state index is 0.0456. The molecule has 1 aliphatic carbocycles. The van der Waals surface area contributed by atoms with E-state index in [4.69, 9.17) is 9.47 Å². The number of ether oxygens (including phenoxy) is 2. The van der Waals surface area contributed by atoms with Crippen LogP contribution in [0.15, 0.2) is 78.9 Å². The molecular formula is C34H40N2O4. The van der Waals surface area contributed by atoms with Gasteiger partial charge in [0.1, 0.15) is 11.8 Å². The van der Waals surface area contributed by atoms with Gasteiger partial charge in [0, 0.05) is 25.3 Å². The Labute approximate surface area is 237 Å². The summed E-state index contributed by atoms with van der Waals surface area (Å²) in [4.78, 5) is 28.4. The van der Waals surface area contributed by atoms with Crippen molar-refractivity contribution in [3.63, 3.8) is 0 Å². The van der Waals surface area contributed by atoms with E-state index in [0.29, 0.717) is 24.0 Å². The Morgan fingerprint density at radius 3 is 2.30 bits per heavy atom. The van der Waals surface area contributed by atoms with Crippen LogP contribution in [0.1, 0.15) is 60.4 Å². The highest BCUT2D eigenvalue weighted by Gasteiger charge is 2.37. The van der Waals surface area contributed by atoms with Gasteiger partial charge in [-0.05, 0) is 91.3 Å². The van der Waals surface area contributed by atoms with Crippen LogP contribution in [0.5, 0.6) is 5.75 Å². The van der Waals surface area contributed by atoms with Gasteiger partial charge in [-0.25, -0.2) is 0 Å². The van der Waals surface area contributed by atoms with Gasteiger partial charge in [-0.2, -0.15) is 0 Å². The first-order chi connectivity index (χ1) is 19.6. The average Bonchev–Trinajstić information content (AvgIpc) is 3.80. The summed E-state index contributed by atoms with van der Waals surface area (Å²) in [7, 11) is 1.69. The third-order valence-electron chi connectivity index (χ3n) is 8.14. The summed E-state index contributed by atoms with van der Waals surface area (Å²) < 4.78 is 11.3. The van der Waals surface area contributed by atoms with Gasteiger partial charge in [0.25, 0.3) is 5.91 Å². The number of hydrogen-bond acceptors (Lipinski definition) is 4. The maximum absolute atomic E-state index is 13.4. The Bertz CT molecular complexity index is 1240. The lowest BCUT2D eigenvalue weighted by Gasteiger charge is -2.30. The van der Waals surface area contributed by atoms with Crippen molar-refractivity contribution in [1.29, 1.82) is 0 Å². The monoisotopic (exact) mass is 540 g/mol. The fourth-order valence-electron chi connectivity index (χ4n) is 5.67. The van der Waals surface area contributed by atoms with Gasteiger partial charge in [-0.15, -0.1) is 0 Å². The van der Waals surface area contributed by atoms with Crippen LogP contribution in [0.4, 0.5) is 0 Å². The molecule has 1 saturated heterocycles. The SMILES string of the molecule is COc1ccc([C@@H]2CC2CCCOC[C@H](NC(=O)c2ccc(-c3ccccc3)cc2)C(=O)N2CCCCC2)cc1. The van der Waals surface area contributed by atoms with E-state index in [9.17, 15) is 9.59 Å². The van der Waals surface area contributed by atoms with Crippen molar-refractivity contribution in [2.45, 2.75) is 50.5 Å². The Morgan fingerprint density at radius 1 is 0.900 bits per heavy atom. The third-order valence-corrected chi connectivity index (χ3v) is 8.14. The zero-order valence-corrected chi connectivity index (χ0v) is 23.4. The summed E-state index contributed by atoms with van der Waals surface area (Å²) in [6.45, 7) is 2.25. The summed E-state index contributed by atoms with van der Waals surface area (Å²) in [6.07, 6.45) is 6.40. The predicted octanol–water partition coefficient (Wildman–Crippen LogP) is 6.07. The van der Waals surface area contributed by atoms with Crippen LogP contribution in [0, 0.1) is 5.92 Å². The lowest BCUT2D eigenvalue weighted by molar-refractivity contribution is -0.135. The number of rotatable bonds is 12. The number of carbonyl (C=O) groups excluding carboxylic acids is 2. The molecule has 2 amide bonds. The normalized spacial score (nSPS) is 19.1. The molecule has 0 bridgehead atoms. The van der Waals surface area contributed by atoms with Crippen LogP contribution in [0.2, 0.25) is 0 Å². The molecule has 1 heterocycles. The molecule has 1 aliphatic heterocycles. The van der Waals surface area contributed by atoms with E-state index < -0.39 is 6.04 Å². The molecule has 1 saturated carbocycles. The molecule has 6 heteroatoms. The van der Waals surface area contributed by atoms with E-state index in [2.05, 4.69) is 17.4 Å². The van der Waals surface area contributed by atoms with Gasteiger partial charge >= 0.3 is 0 Å². The molecule has 3 aromatic rings. The van der Waals surface area contributed by atoms with Crippen LogP contribution < -0.4 is 10.1 Å². The summed E-state index contributed by atoms with van der Waals surface area (Å²) in [5, 5.41) is 2.97. The van der Waals surface area contributed by atoms with Gasteiger partial charge in [-0.3, -0.25) is 9.59 Å². The van der Waals surface area contributed by atoms with E-state index in [1.54, 1.807) is 7.11 Å². The number of methoxy groups -OCH3 is 1. The first-order valence-electron chi connectivity index (χ1n) is 14.6. The predicted molar refractivity (Wildman–Crippen MR) is 157 cm³/mol. The summed E-state index contributed by atoms with van der Waals surface area (Å²) in [5.41, 5.74) is 4.06. The number of amides is 2. The molecule has 6 nitrogen and oxygen atoms in total. The lowest BCUT2D eigenvalue weighted by Crippen LogP contribution is -2.52. The molecule has 3 atom stereocenters. The number of benzene rings is 3. The smallest absolute Gasteiger partial charge is 0.251 e. The highest BCUT2D eigenvalue weighted by Crippen LogP contribution is 2.50. The fraction of sp³-hybridized carbons (Fsp3) is 0.412. The van der Waals surface area contributed by atoms with Gasteiger partial charge in [-0.1, -0.05) is 54.6 Å². The van der Waals surface area contributed by atoms with E-state index >= 15 is 0 Å². The summed E-state index contributed by atoms with van der Waals surface area (Å²) >= 11 is 0. The third kappa shape index (κ3) is 7.30. The number of nitrogens with one attached hydrogen (secondary N) is 1. The number of likely N-dealkylation sites (tertiary alicyclic amines) is 1. The molecule has 0 radical (unpaired) electrons. The van der Waals surface area contributed by atoms with Gasteiger partial charge < -0.3 is 19.7 Å². The largest absolute Gasteiger partial charge is 0.497 e. The van der Waals surface area contributed by atoms with Gasteiger partial charge in [0.2, 0.25) is 5.91 Å². The van der Waals surface area contributed by atoms with E-state index in [-0.39, 0.29) is 18.4 Å². The second-order valence-corrected chi connectivity index (χ2v) is 10.9. The first kappa shape index (κ1) is 27.9. The van der Waals surface area contributed by atoms with Crippen molar-refractivity contribution in [2.24, 2.45) is 5.92 Å². The molecular weight excluding hydrogens is 500 g/mol. The summed E-state index contributed by atoms with van der Waals surface area (Å²) in [5.74, 6) is 1.89. The lowest BCUT2D eigenvalue weighted by atomic mass is 10.0. The van der Waals surface area contributed by atoms with Crippen LogP contribution >= 0.6 is 0 Å². The first-order valence-corrected chi connectivity index (χ1v) is 14.6. The van der Waals surface area contributed by atoms with Crippen LogP contribution in [-0.2, 0) is 9.53 Å². The topological polar surface area (TPSA) is 67.9 Å². The van der Waals surface area contributed by atoms with Gasteiger partial charge in [0.15, 0.2) is 0 Å². The minimum Gasteiger partial charge on any atom is -0.497 e. The Balaban J connectivity index is 1.12. The Hall–Kier alpha value is -3.64. The van der Waals surface area contributed by atoms with E-state index in [0.717, 1.165) is 62.1 Å². The highest BCUT2D eigenvalue weighted by atomic mass is 16.5. The van der Waals surface area contributed by atoms with Crippen LogP contribution in [-0.4, -0.2) is 56.2 Å². The molecule has 5 rings (SSSR count). The second kappa shape index (κ2) is 13.6. The van der Waals surface area contributed by atoms with Crippen molar-refractivity contribution >= 4 is 11.8 Å². The molecule has 2 fully saturated rings. The molecule has 3 aromatic carbocycles. The fourth-order valence-corrected chi connectivity index (χ4v) is 5.67. The van der Waals surface area contributed by atoms with Crippen molar-refractivity contribution in [3.05, 3.63) is 90.0 Å². The zero-order chi connectivity index (χ0) is 27.7. The molecule has 1 N–H and O–H groups in total. The molecule has 2 aliphatic rings. The second-order valence-electron chi connectivity index (χ2n) is 10.9. The molecule has 1 unspecified atom stereocenters. The molecule has 0 spiro atoms. The minimum atomic E-state index is -0.688. The van der Waals surface area contributed by atoms with Crippen molar-refractivity contribution in [3.8, 4) is 16.9 Å². The average molecular weight is 541 g/mol. The van der Waals surface area contributed by atoms with Crippen LogP contribution in [0.25, 0.3) is 11.1 Å². The molecule has 0 aromatic heterocycles. The van der Waals surface area contributed by atoms with Crippen molar-refractivity contribution in [1.82, 2.24) is 10.2 Å². The maximum Gasteiger partial charge on any atom is 0.251 e. The summed E-state index contributed by atoms with van der Waals surface area (Å²) in [6, 6.07) is 25.3. The van der Waals surface area contributed by atoms with Crippen molar-refractivity contribution in [2.75, 3.05) is 33.4 Å². The van der Waals surface area contributed by atoms with E-state index in [1.807, 2.05) is 71.6 Å². The number of hydrogen-bond donors (Lipinski definition) is 1. The standard InChI is InChI=1S/C34H40N2O4/c1-39-30-18-16-27(17-19-30)31-23-29(31)11-8-22-40-24-32(34(38)36-20-6-3-7-21-36)35-33(37)28-14-12-26(13-15-28)25-9-4-2-5-10-25/h2,4-5,9-10,12-19,29,31-32H,3,6-8,11,20-24H2,1H3,(H,35,37)/t29?,31-,32-/m0/s1. The number of nitrogens with zero attached hydrogens (tertiary/aromatic N) is 1. The van der Waals surface area contributed by atoms with Crippen LogP contribution in [0.3, 0.4) is 0 Å². The number of carbonyl (C=O) groups is 2. The molecule has 210 valence electrons. The Morgan fingerprint density at radius 2 is 1.60 bits per heavy atom.